The van der Waals surface area contributed by atoms with Gasteiger partial charge in [0.2, 0.25) is 5.91 Å². The van der Waals surface area contributed by atoms with Crippen molar-refractivity contribution in [3.05, 3.63) is 30.0 Å². The number of H-pyrrole nitrogens is 1. The minimum atomic E-state index is -0.170. The first-order chi connectivity index (χ1) is 10.7. The maximum Gasteiger partial charge on any atom is 0.267 e. The van der Waals surface area contributed by atoms with E-state index < -0.39 is 0 Å². The van der Waals surface area contributed by atoms with Crippen molar-refractivity contribution in [3.8, 4) is 0 Å². The van der Waals surface area contributed by atoms with Crippen LogP contribution in [0.25, 0.3) is 10.9 Å². The predicted octanol–water partition coefficient (Wildman–Crippen LogP) is 1.89. The van der Waals surface area contributed by atoms with Gasteiger partial charge in [-0.3, -0.25) is 9.59 Å². The van der Waals surface area contributed by atoms with Crippen molar-refractivity contribution in [2.75, 3.05) is 25.6 Å². The largest absolute Gasteiger partial charge is 0.383 e. The average molecular weight is 301 g/mol. The lowest BCUT2D eigenvalue weighted by molar-refractivity contribution is -0.117. The molecule has 22 heavy (non-hydrogen) atoms. The minimum absolute atomic E-state index is 0.0763. The fourth-order valence-electron chi connectivity index (χ4n) is 2.28. The van der Waals surface area contributed by atoms with Gasteiger partial charge < -0.3 is 20.4 Å². The third-order valence-electron chi connectivity index (χ3n) is 3.67. The average Bonchev–Trinajstić information content (AvgIpc) is 3.27. The highest BCUT2D eigenvalue weighted by molar-refractivity contribution is 6.00. The molecule has 1 aromatic carbocycles. The van der Waals surface area contributed by atoms with E-state index in [4.69, 9.17) is 4.74 Å². The molecule has 0 spiro atoms. The number of benzene rings is 1. The molecule has 1 fully saturated rings. The van der Waals surface area contributed by atoms with E-state index in [2.05, 4.69) is 15.6 Å². The van der Waals surface area contributed by atoms with Gasteiger partial charge in [0.15, 0.2) is 0 Å². The fraction of sp³-hybridized carbons (Fsp3) is 0.375. The van der Waals surface area contributed by atoms with Gasteiger partial charge in [-0.2, -0.15) is 0 Å². The molecule has 2 aromatic rings. The fourth-order valence-corrected chi connectivity index (χ4v) is 2.28. The molecule has 3 rings (SSSR count). The summed E-state index contributed by atoms with van der Waals surface area (Å²) in [6, 6.07) is 7.36. The van der Waals surface area contributed by atoms with Crippen LogP contribution in [0.4, 0.5) is 5.69 Å². The van der Waals surface area contributed by atoms with Crippen LogP contribution < -0.4 is 10.6 Å². The Morgan fingerprint density at radius 1 is 1.32 bits per heavy atom. The van der Waals surface area contributed by atoms with Crippen LogP contribution in [0.1, 0.15) is 23.3 Å². The summed E-state index contributed by atoms with van der Waals surface area (Å²) in [4.78, 5) is 26.8. The number of rotatable bonds is 6. The number of hydrogen-bond donors (Lipinski definition) is 3. The highest BCUT2D eigenvalue weighted by Gasteiger charge is 2.29. The zero-order chi connectivity index (χ0) is 15.5. The third kappa shape index (κ3) is 3.28. The highest BCUT2D eigenvalue weighted by Crippen LogP contribution is 2.30. The van der Waals surface area contributed by atoms with Crippen molar-refractivity contribution in [2.24, 2.45) is 5.92 Å². The van der Waals surface area contributed by atoms with E-state index in [1.54, 1.807) is 13.2 Å². The number of nitrogens with one attached hydrogen (secondary N) is 3. The molecule has 1 aliphatic carbocycles. The molecule has 0 radical (unpaired) electrons. The molecule has 3 N–H and O–H groups in total. The van der Waals surface area contributed by atoms with E-state index in [9.17, 15) is 9.59 Å². The molecule has 0 atom stereocenters. The number of ether oxygens (including phenoxy) is 1. The molecule has 116 valence electrons. The maximum atomic E-state index is 12.0. The lowest BCUT2D eigenvalue weighted by atomic mass is 10.2. The van der Waals surface area contributed by atoms with Gasteiger partial charge in [0, 0.05) is 36.2 Å². The first-order valence-corrected chi connectivity index (χ1v) is 7.38. The molecule has 0 saturated heterocycles. The quantitative estimate of drug-likeness (QED) is 0.713. The predicted molar refractivity (Wildman–Crippen MR) is 83.9 cm³/mol. The minimum Gasteiger partial charge on any atom is -0.383 e. The summed E-state index contributed by atoms with van der Waals surface area (Å²) in [5.41, 5.74) is 2.12. The Morgan fingerprint density at radius 3 is 2.86 bits per heavy atom. The van der Waals surface area contributed by atoms with Gasteiger partial charge in [0.05, 0.1) is 6.61 Å². The SMILES string of the molecule is COCCNC(=O)c1cc2cc(NC(=O)C3CC3)ccc2[nH]1. The second kappa shape index (κ2) is 6.19. The molecule has 1 aliphatic rings. The topological polar surface area (TPSA) is 83.2 Å². The summed E-state index contributed by atoms with van der Waals surface area (Å²) in [6.45, 7) is 0.941. The summed E-state index contributed by atoms with van der Waals surface area (Å²) in [6.07, 6.45) is 1.95. The van der Waals surface area contributed by atoms with Crippen LogP contribution in [0.5, 0.6) is 0 Å². The smallest absolute Gasteiger partial charge is 0.267 e. The monoisotopic (exact) mass is 301 g/mol. The van der Waals surface area contributed by atoms with Gasteiger partial charge in [-0.15, -0.1) is 0 Å². The highest BCUT2D eigenvalue weighted by atomic mass is 16.5. The molecular formula is C16H19N3O3. The standard InChI is InChI=1S/C16H19N3O3/c1-22-7-6-17-16(21)14-9-11-8-12(4-5-13(11)19-14)18-15(20)10-2-3-10/h4-5,8-10,19H,2-3,6-7H2,1H3,(H,17,21)(H,18,20). The maximum absolute atomic E-state index is 12.0. The molecular weight excluding hydrogens is 282 g/mol. The number of aromatic amines is 1. The van der Waals surface area contributed by atoms with Crippen molar-refractivity contribution in [1.29, 1.82) is 0 Å². The number of carbonyl (C=O) groups is 2. The van der Waals surface area contributed by atoms with E-state index in [0.29, 0.717) is 18.8 Å². The van der Waals surface area contributed by atoms with E-state index in [-0.39, 0.29) is 17.7 Å². The zero-order valence-electron chi connectivity index (χ0n) is 12.4. The van der Waals surface area contributed by atoms with Crippen LogP contribution in [0, 0.1) is 5.92 Å². The number of carbonyl (C=O) groups excluding carboxylic acids is 2. The Morgan fingerprint density at radius 2 is 2.14 bits per heavy atom. The molecule has 0 bridgehead atoms. The van der Waals surface area contributed by atoms with Crippen LogP contribution >= 0.6 is 0 Å². The Bertz CT molecular complexity index is 704. The lowest BCUT2D eigenvalue weighted by Crippen LogP contribution is -2.27. The van der Waals surface area contributed by atoms with Gasteiger partial charge in [-0.05, 0) is 37.1 Å². The van der Waals surface area contributed by atoms with E-state index in [1.807, 2.05) is 18.2 Å². The van der Waals surface area contributed by atoms with Crippen molar-refractivity contribution in [2.45, 2.75) is 12.8 Å². The third-order valence-corrected chi connectivity index (χ3v) is 3.67. The molecule has 6 nitrogen and oxygen atoms in total. The summed E-state index contributed by atoms with van der Waals surface area (Å²) < 4.78 is 4.90. The van der Waals surface area contributed by atoms with Crippen LogP contribution in [0.2, 0.25) is 0 Å². The Labute approximate surface area is 128 Å². The van der Waals surface area contributed by atoms with E-state index in [1.165, 1.54) is 0 Å². The van der Waals surface area contributed by atoms with Gasteiger partial charge in [-0.1, -0.05) is 0 Å². The van der Waals surface area contributed by atoms with E-state index >= 15 is 0 Å². The van der Waals surface area contributed by atoms with Crippen LogP contribution in [-0.4, -0.2) is 37.1 Å². The van der Waals surface area contributed by atoms with Gasteiger partial charge in [-0.25, -0.2) is 0 Å². The normalized spacial score (nSPS) is 14.0. The second-order valence-corrected chi connectivity index (χ2v) is 5.50. The zero-order valence-corrected chi connectivity index (χ0v) is 12.4. The van der Waals surface area contributed by atoms with Gasteiger partial charge >= 0.3 is 0 Å². The Kier molecular flexibility index (Phi) is 4.11. The summed E-state index contributed by atoms with van der Waals surface area (Å²) >= 11 is 0. The van der Waals surface area contributed by atoms with Crippen molar-refractivity contribution in [3.63, 3.8) is 0 Å². The number of amides is 2. The molecule has 0 aliphatic heterocycles. The van der Waals surface area contributed by atoms with E-state index in [0.717, 1.165) is 29.4 Å². The number of aromatic nitrogens is 1. The van der Waals surface area contributed by atoms with Crippen LogP contribution in [-0.2, 0) is 9.53 Å². The molecule has 1 saturated carbocycles. The van der Waals surface area contributed by atoms with Crippen molar-refractivity contribution < 1.29 is 14.3 Å². The summed E-state index contributed by atoms with van der Waals surface area (Å²) in [7, 11) is 1.59. The molecule has 1 aromatic heterocycles. The second-order valence-electron chi connectivity index (χ2n) is 5.50. The molecule has 1 heterocycles. The van der Waals surface area contributed by atoms with Gasteiger partial charge in [0.1, 0.15) is 5.69 Å². The molecule has 2 amide bonds. The lowest BCUT2D eigenvalue weighted by Gasteiger charge is -2.03. The Hall–Kier alpha value is -2.34. The first kappa shape index (κ1) is 14.6. The van der Waals surface area contributed by atoms with Crippen molar-refractivity contribution >= 4 is 28.4 Å². The molecule has 0 unspecified atom stereocenters. The first-order valence-electron chi connectivity index (χ1n) is 7.38. The number of fused-ring (bicyclic) bond motifs is 1. The van der Waals surface area contributed by atoms with Crippen LogP contribution in [0.3, 0.4) is 0 Å². The number of hydrogen-bond acceptors (Lipinski definition) is 3. The molecule has 6 heteroatoms. The summed E-state index contributed by atoms with van der Waals surface area (Å²) in [5, 5.41) is 6.57. The van der Waals surface area contributed by atoms with Crippen LogP contribution in [0.15, 0.2) is 24.3 Å². The van der Waals surface area contributed by atoms with Crippen molar-refractivity contribution in [1.82, 2.24) is 10.3 Å². The number of methoxy groups -OCH3 is 1. The van der Waals surface area contributed by atoms with Gasteiger partial charge in [0.25, 0.3) is 5.91 Å². The Balaban J connectivity index is 1.72. The number of anilines is 1. The summed E-state index contributed by atoms with van der Waals surface area (Å²) in [5.74, 6) is 0.0771.